The van der Waals surface area contributed by atoms with E-state index >= 15 is 0 Å². The fraction of sp³-hybridized carbons (Fsp3) is 0.467. The van der Waals surface area contributed by atoms with E-state index in [-0.39, 0.29) is 12.5 Å². The molecule has 4 nitrogen and oxygen atoms in total. The van der Waals surface area contributed by atoms with E-state index in [1.54, 1.807) is 12.3 Å². The minimum absolute atomic E-state index is 0.191. The second-order valence-electron chi connectivity index (χ2n) is 4.94. The summed E-state index contributed by atoms with van der Waals surface area (Å²) < 4.78 is 0. The topological polar surface area (TPSA) is 54.0 Å². The Hall–Kier alpha value is -2.02. The first kappa shape index (κ1) is 13.4. The number of rotatable bonds is 5. The number of terminal acetylenes is 1. The monoisotopic (exact) mass is 257 g/mol. The van der Waals surface area contributed by atoms with Crippen molar-refractivity contribution in [2.45, 2.75) is 32.2 Å². The predicted molar refractivity (Wildman–Crippen MR) is 75.8 cm³/mol. The molecular formula is C15H19N3O. The van der Waals surface area contributed by atoms with Crippen LogP contribution in [0.25, 0.3) is 0 Å². The summed E-state index contributed by atoms with van der Waals surface area (Å²) in [5.74, 6) is 3.74. The zero-order chi connectivity index (χ0) is 13.7. The summed E-state index contributed by atoms with van der Waals surface area (Å²) in [7, 11) is 0. The highest BCUT2D eigenvalue weighted by Gasteiger charge is 2.23. The van der Waals surface area contributed by atoms with Crippen molar-refractivity contribution >= 4 is 11.7 Å². The minimum atomic E-state index is -0.191. The molecule has 1 amide bonds. The van der Waals surface area contributed by atoms with E-state index in [1.807, 2.05) is 6.07 Å². The molecule has 1 aliphatic carbocycles. The second kappa shape index (κ2) is 6.24. The van der Waals surface area contributed by atoms with Gasteiger partial charge in [0.1, 0.15) is 5.82 Å². The van der Waals surface area contributed by atoms with E-state index in [2.05, 4.69) is 28.5 Å². The number of nitrogens with zero attached hydrogens (tertiary/aromatic N) is 1. The molecular weight excluding hydrogens is 238 g/mol. The molecule has 2 N–H and O–H groups in total. The van der Waals surface area contributed by atoms with E-state index in [9.17, 15) is 4.79 Å². The van der Waals surface area contributed by atoms with Gasteiger partial charge in [-0.3, -0.25) is 4.79 Å². The van der Waals surface area contributed by atoms with Crippen molar-refractivity contribution < 1.29 is 4.79 Å². The highest BCUT2D eigenvalue weighted by Crippen LogP contribution is 2.30. The number of carbonyl (C=O) groups is 1. The molecule has 1 aromatic rings. The van der Waals surface area contributed by atoms with Gasteiger partial charge in [-0.2, -0.15) is 0 Å². The largest absolute Gasteiger partial charge is 0.367 e. The summed E-state index contributed by atoms with van der Waals surface area (Å²) in [5.41, 5.74) is 0.525. The van der Waals surface area contributed by atoms with Crippen LogP contribution in [0.2, 0.25) is 0 Å². The molecule has 1 fully saturated rings. The second-order valence-corrected chi connectivity index (χ2v) is 4.94. The minimum Gasteiger partial charge on any atom is -0.367 e. The number of aromatic nitrogens is 1. The average molecular weight is 257 g/mol. The first-order valence-electron chi connectivity index (χ1n) is 6.65. The number of amides is 1. The molecule has 0 saturated heterocycles. The molecule has 1 saturated carbocycles. The molecule has 1 aromatic heterocycles. The molecule has 19 heavy (non-hydrogen) atoms. The van der Waals surface area contributed by atoms with Crippen molar-refractivity contribution in [3.63, 3.8) is 0 Å². The normalized spacial score (nSPS) is 16.0. The van der Waals surface area contributed by atoms with Gasteiger partial charge in [0.25, 0.3) is 5.91 Å². The lowest BCUT2D eigenvalue weighted by atomic mass is 9.80. The third-order valence-corrected chi connectivity index (χ3v) is 3.61. The number of hydrogen-bond acceptors (Lipinski definition) is 3. The Kier molecular flexibility index (Phi) is 4.40. The molecule has 2 rings (SSSR count). The molecule has 4 heteroatoms. The molecule has 100 valence electrons. The SMILES string of the molecule is C#CCNC(=O)c1ccc(NC(C)C2CCC2)nc1. The first-order valence-corrected chi connectivity index (χ1v) is 6.65. The number of carbonyl (C=O) groups excluding carboxylic acids is 1. The van der Waals surface area contributed by atoms with Crippen LogP contribution in [0.4, 0.5) is 5.82 Å². The molecule has 1 unspecified atom stereocenters. The number of anilines is 1. The van der Waals surface area contributed by atoms with Gasteiger partial charge in [-0.15, -0.1) is 6.42 Å². The Labute approximate surface area is 114 Å². The number of pyridine rings is 1. The third-order valence-electron chi connectivity index (χ3n) is 3.61. The smallest absolute Gasteiger partial charge is 0.253 e. The van der Waals surface area contributed by atoms with Gasteiger partial charge in [0.05, 0.1) is 12.1 Å². The lowest BCUT2D eigenvalue weighted by molar-refractivity contribution is 0.0958. The zero-order valence-corrected chi connectivity index (χ0v) is 11.1. The number of nitrogens with one attached hydrogen (secondary N) is 2. The van der Waals surface area contributed by atoms with Crippen molar-refractivity contribution in [2.24, 2.45) is 5.92 Å². The van der Waals surface area contributed by atoms with E-state index in [1.165, 1.54) is 19.3 Å². The average Bonchev–Trinajstić information content (AvgIpc) is 2.34. The number of hydrogen-bond donors (Lipinski definition) is 2. The fourth-order valence-electron chi connectivity index (χ4n) is 2.14. The van der Waals surface area contributed by atoms with Crippen molar-refractivity contribution in [3.05, 3.63) is 23.9 Å². The highest BCUT2D eigenvalue weighted by molar-refractivity contribution is 5.94. The molecule has 0 spiro atoms. The van der Waals surface area contributed by atoms with Gasteiger partial charge < -0.3 is 10.6 Å². The van der Waals surface area contributed by atoms with Crippen LogP contribution in [-0.4, -0.2) is 23.5 Å². The lowest BCUT2D eigenvalue weighted by Crippen LogP contribution is -2.31. The quantitative estimate of drug-likeness (QED) is 0.794. The van der Waals surface area contributed by atoms with Crippen LogP contribution in [0, 0.1) is 18.3 Å². The summed E-state index contributed by atoms with van der Waals surface area (Å²) in [4.78, 5) is 15.9. The lowest BCUT2D eigenvalue weighted by Gasteiger charge is -2.32. The summed E-state index contributed by atoms with van der Waals surface area (Å²) >= 11 is 0. The molecule has 0 aromatic carbocycles. The van der Waals surface area contributed by atoms with Crippen molar-refractivity contribution in [1.29, 1.82) is 0 Å². The van der Waals surface area contributed by atoms with Gasteiger partial charge in [-0.1, -0.05) is 12.3 Å². The maximum absolute atomic E-state index is 11.6. The van der Waals surface area contributed by atoms with E-state index in [4.69, 9.17) is 6.42 Å². The van der Waals surface area contributed by atoms with Crippen LogP contribution in [0.5, 0.6) is 0 Å². The van der Waals surface area contributed by atoms with Crippen LogP contribution in [0.3, 0.4) is 0 Å². The van der Waals surface area contributed by atoms with Crippen molar-refractivity contribution in [2.75, 3.05) is 11.9 Å². The van der Waals surface area contributed by atoms with Crippen molar-refractivity contribution in [3.8, 4) is 12.3 Å². The van der Waals surface area contributed by atoms with Gasteiger partial charge in [0.2, 0.25) is 0 Å². The molecule has 0 radical (unpaired) electrons. The van der Waals surface area contributed by atoms with Gasteiger partial charge in [-0.25, -0.2) is 4.98 Å². The Bertz CT molecular complexity index is 471. The Morgan fingerprint density at radius 1 is 1.58 bits per heavy atom. The van der Waals surface area contributed by atoms with Crippen LogP contribution in [0.1, 0.15) is 36.5 Å². The summed E-state index contributed by atoms with van der Waals surface area (Å²) in [6.45, 7) is 2.41. The van der Waals surface area contributed by atoms with Crippen molar-refractivity contribution in [1.82, 2.24) is 10.3 Å². The Morgan fingerprint density at radius 2 is 2.37 bits per heavy atom. The van der Waals surface area contributed by atoms with Gasteiger partial charge in [-0.05, 0) is 37.8 Å². The first-order chi connectivity index (χ1) is 9.20. The summed E-state index contributed by atoms with van der Waals surface area (Å²) in [5, 5.41) is 5.99. The molecule has 0 aliphatic heterocycles. The fourth-order valence-corrected chi connectivity index (χ4v) is 2.14. The van der Waals surface area contributed by atoms with Crippen LogP contribution in [0.15, 0.2) is 18.3 Å². The van der Waals surface area contributed by atoms with Gasteiger partial charge >= 0.3 is 0 Å². The van der Waals surface area contributed by atoms with E-state index < -0.39 is 0 Å². The zero-order valence-electron chi connectivity index (χ0n) is 11.1. The van der Waals surface area contributed by atoms with Gasteiger partial charge in [0, 0.05) is 12.2 Å². The third kappa shape index (κ3) is 3.47. The maximum Gasteiger partial charge on any atom is 0.253 e. The summed E-state index contributed by atoms with van der Waals surface area (Å²) in [6, 6.07) is 4.02. The molecule has 1 atom stereocenters. The van der Waals surface area contributed by atoms with Crippen LogP contribution < -0.4 is 10.6 Å². The predicted octanol–water partition coefficient (Wildman–Crippen LogP) is 2.05. The molecule has 0 bridgehead atoms. The van der Waals surface area contributed by atoms with Gasteiger partial charge in [0.15, 0.2) is 0 Å². The standard InChI is InChI=1S/C15H19N3O/c1-3-9-16-15(19)13-7-8-14(17-10-13)18-11(2)12-5-4-6-12/h1,7-8,10-12H,4-6,9H2,2H3,(H,16,19)(H,17,18). The van der Waals surface area contributed by atoms with Crippen LogP contribution in [-0.2, 0) is 0 Å². The molecule has 1 heterocycles. The summed E-state index contributed by atoms with van der Waals surface area (Å²) in [6.07, 6.45) is 10.6. The Morgan fingerprint density at radius 3 is 2.89 bits per heavy atom. The van der Waals surface area contributed by atoms with Crippen LogP contribution >= 0.6 is 0 Å². The van der Waals surface area contributed by atoms with E-state index in [0.717, 1.165) is 11.7 Å². The molecule has 1 aliphatic rings. The van der Waals surface area contributed by atoms with E-state index in [0.29, 0.717) is 11.6 Å². The Balaban J connectivity index is 1.90. The maximum atomic E-state index is 11.6. The highest BCUT2D eigenvalue weighted by atomic mass is 16.1.